The molecule has 2 aromatic rings. The summed E-state index contributed by atoms with van der Waals surface area (Å²) in [6.07, 6.45) is 4.16. The molecule has 2 aliphatic rings. The van der Waals surface area contributed by atoms with Crippen LogP contribution in [0.25, 0.3) is 11.4 Å². The van der Waals surface area contributed by atoms with E-state index in [2.05, 4.69) is 58.1 Å². The van der Waals surface area contributed by atoms with E-state index in [-0.39, 0.29) is 5.92 Å². The van der Waals surface area contributed by atoms with E-state index in [1.165, 1.54) is 5.56 Å². The normalized spacial score (nSPS) is 18.9. The third-order valence-corrected chi connectivity index (χ3v) is 6.02. The van der Waals surface area contributed by atoms with Gasteiger partial charge >= 0.3 is 0 Å². The molecular weight excluding hydrogens is 352 g/mol. The first-order valence-electron chi connectivity index (χ1n) is 10.5. The van der Waals surface area contributed by atoms with Gasteiger partial charge in [-0.1, -0.05) is 43.3 Å². The van der Waals surface area contributed by atoms with Crippen LogP contribution in [-0.2, 0) is 11.3 Å². The fraction of sp³-hybridized carbons (Fsp3) is 0.591. The van der Waals surface area contributed by atoms with Gasteiger partial charge in [0.1, 0.15) is 0 Å². The van der Waals surface area contributed by atoms with Crippen LogP contribution >= 0.6 is 0 Å². The highest BCUT2D eigenvalue weighted by atomic mass is 16.5. The molecule has 6 heteroatoms. The summed E-state index contributed by atoms with van der Waals surface area (Å²) in [6.45, 7) is 8.73. The molecule has 2 aliphatic heterocycles. The molecule has 2 fully saturated rings. The molecule has 4 rings (SSSR count). The van der Waals surface area contributed by atoms with Gasteiger partial charge in [0.25, 0.3) is 0 Å². The minimum Gasteiger partial charge on any atom is -0.342 e. The number of rotatable bonds is 5. The predicted octanol–water partition coefficient (Wildman–Crippen LogP) is 3.69. The first kappa shape index (κ1) is 19.1. The van der Waals surface area contributed by atoms with Crippen LogP contribution in [0.1, 0.15) is 56.9 Å². The Balaban J connectivity index is 1.30. The van der Waals surface area contributed by atoms with Crippen molar-refractivity contribution >= 4 is 5.91 Å². The molecule has 1 aromatic heterocycles. The molecule has 6 nitrogen and oxygen atoms in total. The molecule has 0 unspecified atom stereocenters. The molecule has 28 heavy (non-hydrogen) atoms. The van der Waals surface area contributed by atoms with E-state index in [4.69, 9.17) is 4.52 Å². The van der Waals surface area contributed by atoms with Crippen molar-refractivity contribution in [3.8, 4) is 11.4 Å². The SMILES string of the molecule is CC(C)c1ccc(-c2noc(CN3CCC(C(=O)N4CCCC4)CC3)n2)cc1. The predicted molar refractivity (Wildman–Crippen MR) is 108 cm³/mol. The van der Waals surface area contributed by atoms with Crippen molar-refractivity contribution in [1.82, 2.24) is 19.9 Å². The lowest BCUT2D eigenvalue weighted by molar-refractivity contribution is -0.136. The highest BCUT2D eigenvalue weighted by Crippen LogP contribution is 2.24. The molecule has 0 radical (unpaired) electrons. The van der Waals surface area contributed by atoms with E-state index in [1.54, 1.807) is 0 Å². The van der Waals surface area contributed by atoms with E-state index in [0.717, 1.165) is 57.4 Å². The van der Waals surface area contributed by atoms with Crippen LogP contribution in [0.3, 0.4) is 0 Å². The molecule has 0 N–H and O–H groups in total. The summed E-state index contributed by atoms with van der Waals surface area (Å²) in [7, 11) is 0. The topological polar surface area (TPSA) is 62.5 Å². The first-order valence-corrected chi connectivity index (χ1v) is 10.5. The lowest BCUT2D eigenvalue weighted by Crippen LogP contribution is -2.41. The molecule has 0 atom stereocenters. The van der Waals surface area contributed by atoms with Crippen molar-refractivity contribution in [3.05, 3.63) is 35.7 Å². The van der Waals surface area contributed by atoms with E-state index in [0.29, 0.717) is 30.1 Å². The first-order chi connectivity index (χ1) is 13.6. The lowest BCUT2D eigenvalue weighted by Gasteiger charge is -2.32. The van der Waals surface area contributed by atoms with Gasteiger partial charge < -0.3 is 9.42 Å². The smallest absolute Gasteiger partial charge is 0.241 e. The molecule has 3 heterocycles. The maximum Gasteiger partial charge on any atom is 0.241 e. The number of hydrogen-bond donors (Lipinski definition) is 0. The number of piperidine rings is 1. The minimum absolute atomic E-state index is 0.187. The van der Waals surface area contributed by atoms with Crippen molar-refractivity contribution < 1.29 is 9.32 Å². The summed E-state index contributed by atoms with van der Waals surface area (Å²) >= 11 is 0. The van der Waals surface area contributed by atoms with Crippen molar-refractivity contribution in [2.75, 3.05) is 26.2 Å². The van der Waals surface area contributed by atoms with Crippen LogP contribution in [0, 0.1) is 5.92 Å². The Hall–Kier alpha value is -2.21. The highest BCUT2D eigenvalue weighted by molar-refractivity contribution is 5.79. The minimum atomic E-state index is 0.187. The Morgan fingerprint density at radius 2 is 1.79 bits per heavy atom. The van der Waals surface area contributed by atoms with Crippen molar-refractivity contribution in [2.45, 2.75) is 52.0 Å². The van der Waals surface area contributed by atoms with Gasteiger partial charge in [-0.2, -0.15) is 4.98 Å². The van der Waals surface area contributed by atoms with Gasteiger partial charge in [-0.05, 0) is 50.3 Å². The summed E-state index contributed by atoms with van der Waals surface area (Å²) < 4.78 is 5.48. The van der Waals surface area contributed by atoms with Gasteiger partial charge in [0.15, 0.2) is 0 Å². The fourth-order valence-electron chi connectivity index (χ4n) is 4.18. The van der Waals surface area contributed by atoms with Gasteiger partial charge in [-0.25, -0.2) is 0 Å². The number of nitrogens with zero attached hydrogens (tertiary/aromatic N) is 4. The van der Waals surface area contributed by atoms with Crippen molar-refractivity contribution in [1.29, 1.82) is 0 Å². The second-order valence-electron chi connectivity index (χ2n) is 8.37. The third-order valence-electron chi connectivity index (χ3n) is 6.02. The Kier molecular flexibility index (Phi) is 5.76. The number of benzene rings is 1. The number of carbonyl (C=O) groups excluding carboxylic acids is 1. The summed E-state index contributed by atoms with van der Waals surface area (Å²) in [6, 6.07) is 8.36. The van der Waals surface area contributed by atoms with Crippen LogP contribution in [-0.4, -0.2) is 52.0 Å². The summed E-state index contributed by atoms with van der Waals surface area (Å²) in [4.78, 5) is 21.5. The molecule has 0 bridgehead atoms. The number of carbonyl (C=O) groups is 1. The highest BCUT2D eigenvalue weighted by Gasteiger charge is 2.30. The molecule has 1 amide bonds. The summed E-state index contributed by atoms with van der Waals surface area (Å²) in [5.41, 5.74) is 2.29. The maximum absolute atomic E-state index is 12.6. The van der Waals surface area contributed by atoms with Crippen molar-refractivity contribution in [3.63, 3.8) is 0 Å². The maximum atomic E-state index is 12.6. The second kappa shape index (κ2) is 8.43. The number of aromatic nitrogens is 2. The van der Waals surface area contributed by atoms with E-state index < -0.39 is 0 Å². The zero-order valence-corrected chi connectivity index (χ0v) is 16.9. The standard InChI is InChI=1S/C22H30N4O2/c1-16(2)17-5-7-18(8-6-17)21-23-20(28-24-21)15-25-13-9-19(10-14-25)22(27)26-11-3-4-12-26/h5-8,16,19H,3-4,9-15H2,1-2H3. The molecule has 2 saturated heterocycles. The number of likely N-dealkylation sites (tertiary alicyclic amines) is 2. The van der Waals surface area contributed by atoms with E-state index in [1.807, 2.05) is 0 Å². The number of amides is 1. The summed E-state index contributed by atoms with van der Waals surface area (Å²) in [5, 5.41) is 4.15. The van der Waals surface area contributed by atoms with E-state index in [9.17, 15) is 4.79 Å². The lowest BCUT2D eigenvalue weighted by atomic mass is 9.95. The van der Waals surface area contributed by atoms with Gasteiger partial charge in [0, 0.05) is 24.6 Å². The summed E-state index contributed by atoms with van der Waals surface area (Å²) in [5.74, 6) is 2.35. The Bertz CT molecular complexity index is 785. The fourth-order valence-corrected chi connectivity index (χ4v) is 4.18. The number of hydrogen-bond acceptors (Lipinski definition) is 5. The van der Waals surface area contributed by atoms with Crippen LogP contribution in [0.2, 0.25) is 0 Å². The van der Waals surface area contributed by atoms with E-state index >= 15 is 0 Å². The van der Waals surface area contributed by atoms with Crippen LogP contribution in [0.15, 0.2) is 28.8 Å². The largest absolute Gasteiger partial charge is 0.342 e. The Labute approximate surface area is 166 Å². The molecular formula is C22H30N4O2. The third kappa shape index (κ3) is 4.27. The van der Waals surface area contributed by atoms with Crippen LogP contribution < -0.4 is 0 Å². The second-order valence-corrected chi connectivity index (χ2v) is 8.37. The van der Waals surface area contributed by atoms with Gasteiger partial charge in [0.2, 0.25) is 17.6 Å². The average molecular weight is 383 g/mol. The average Bonchev–Trinajstić information content (AvgIpc) is 3.40. The van der Waals surface area contributed by atoms with Gasteiger partial charge in [0.05, 0.1) is 6.54 Å². The Morgan fingerprint density at radius 3 is 2.43 bits per heavy atom. The van der Waals surface area contributed by atoms with Crippen LogP contribution in [0.4, 0.5) is 0 Å². The monoisotopic (exact) mass is 382 g/mol. The molecule has 150 valence electrons. The van der Waals surface area contributed by atoms with Crippen molar-refractivity contribution in [2.24, 2.45) is 5.92 Å². The molecule has 0 saturated carbocycles. The Morgan fingerprint density at radius 1 is 1.11 bits per heavy atom. The van der Waals surface area contributed by atoms with Gasteiger partial charge in [-0.15, -0.1) is 0 Å². The molecule has 1 aromatic carbocycles. The zero-order valence-electron chi connectivity index (χ0n) is 16.9. The van der Waals surface area contributed by atoms with Gasteiger partial charge in [-0.3, -0.25) is 9.69 Å². The zero-order chi connectivity index (χ0) is 19.5. The quantitative estimate of drug-likeness (QED) is 0.789. The molecule has 0 aliphatic carbocycles. The van der Waals surface area contributed by atoms with Crippen LogP contribution in [0.5, 0.6) is 0 Å². The molecule has 0 spiro atoms.